The smallest absolute Gasteiger partial charge is 0.0589 e. The molecule has 0 bridgehead atoms. The van der Waals surface area contributed by atoms with Gasteiger partial charge in [-0.25, -0.2) is 0 Å². The molecule has 0 aromatic rings. The summed E-state index contributed by atoms with van der Waals surface area (Å²) in [6.07, 6.45) is 2.58. The van der Waals surface area contributed by atoms with Gasteiger partial charge in [-0.3, -0.25) is 0 Å². The van der Waals surface area contributed by atoms with E-state index in [0.29, 0.717) is 0 Å². The molecule has 1 fully saturated rings. The van der Waals surface area contributed by atoms with Gasteiger partial charge < -0.3 is 15.0 Å². The number of likely N-dealkylation sites (tertiary alicyclic amines) is 1. The standard InChI is InChI=1S/C10H22N2O/c1-3-11-10-4-6-12(7-5-10)8-9-13-2/h10-11H,3-9H2,1-2H3. The Morgan fingerprint density at radius 3 is 2.62 bits per heavy atom. The molecule has 1 N–H and O–H groups in total. The second-order valence-electron chi connectivity index (χ2n) is 3.67. The minimum Gasteiger partial charge on any atom is -0.383 e. The molecule has 13 heavy (non-hydrogen) atoms. The SMILES string of the molecule is CCNC1CCN(CCOC)CC1. The molecule has 3 nitrogen and oxygen atoms in total. The van der Waals surface area contributed by atoms with Crippen LogP contribution in [0.3, 0.4) is 0 Å². The first kappa shape index (κ1) is 11.0. The number of ether oxygens (including phenoxy) is 1. The van der Waals surface area contributed by atoms with Crippen LogP contribution in [-0.4, -0.2) is 50.8 Å². The van der Waals surface area contributed by atoms with Crippen molar-refractivity contribution in [2.24, 2.45) is 0 Å². The van der Waals surface area contributed by atoms with Crippen LogP contribution in [0, 0.1) is 0 Å². The summed E-state index contributed by atoms with van der Waals surface area (Å²) in [6, 6.07) is 0.754. The lowest BCUT2D eigenvalue weighted by Crippen LogP contribution is -2.43. The van der Waals surface area contributed by atoms with Gasteiger partial charge in [0.25, 0.3) is 0 Å². The van der Waals surface area contributed by atoms with Crippen molar-refractivity contribution in [1.82, 2.24) is 10.2 Å². The molecule has 78 valence electrons. The Balaban J connectivity index is 2.08. The molecule has 1 aliphatic heterocycles. The third-order valence-corrected chi connectivity index (χ3v) is 2.69. The number of nitrogens with zero attached hydrogens (tertiary/aromatic N) is 1. The average molecular weight is 186 g/mol. The molecule has 0 radical (unpaired) electrons. The fourth-order valence-corrected chi connectivity index (χ4v) is 1.87. The highest BCUT2D eigenvalue weighted by atomic mass is 16.5. The molecule has 1 saturated heterocycles. The number of hydrogen-bond acceptors (Lipinski definition) is 3. The number of rotatable bonds is 5. The lowest BCUT2D eigenvalue weighted by molar-refractivity contribution is 0.126. The van der Waals surface area contributed by atoms with Crippen LogP contribution in [0.15, 0.2) is 0 Å². The van der Waals surface area contributed by atoms with Gasteiger partial charge in [0.15, 0.2) is 0 Å². The molecule has 1 rings (SSSR count). The number of piperidine rings is 1. The van der Waals surface area contributed by atoms with E-state index in [9.17, 15) is 0 Å². The van der Waals surface area contributed by atoms with Gasteiger partial charge in [-0.2, -0.15) is 0 Å². The van der Waals surface area contributed by atoms with E-state index in [1.807, 2.05) is 0 Å². The first-order chi connectivity index (χ1) is 6.36. The quantitative estimate of drug-likeness (QED) is 0.684. The normalized spacial score (nSPS) is 20.8. The van der Waals surface area contributed by atoms with Crippen molar-refractivity contribution in [3.8, 4) is 0 Å². The highest BCUT2D eigenvalue weighted by molar-refractivity contribution is 4.76. The summed E-state index contributed by atoms with van der Waals surface area (Å²) in [5.41, 5.74) is 0. The fraction of sp³-hybridized carbons (Fsp3) is 1.00. The Morgan fingerprint density at radius 1 is 1.38 bits per heavy atom. The van der Waals surface area contributed by atoms with Gasteiger partial charge in [0.05, 0.1) is 6.61 Å². The molecule has 0 spiro atoms. The van der Waals surface area contributed by atoms with E-state index in [0.717, 1.165) is 25.7 Å². The van der Waals surface area contributed by atoms with Crippen LogP contribution in [0.1, 0.15) is 19.8 Å². The summed E-state index contributed by atoms with van der Waals surface area (Å²) >= 11 is 0. The van der Waals surface area contributed by atoms with Crippen LogP contribution in [0.4, 0.5) is 0 Å². The van der Waals surface area contributed by atoms with Crippen molar-refractivity contribution in [3.05, 3.63) is 0 Å². The first-order valence-corrected chi connectivity index (χ1v) is 5.31. The average Bonchev–Trinajstić information content (AvgIpc) is 2.17. The second kappa shape index (κ2) is 6.35. The maximum atomic E-state index is 5.06. The van der Waals surface area contributed by atoms with Gasteiger partial charge >= 0.3 is 0 Å². The van der Waals surface area contributed by atoms with E-state index in [1.54, 1.807) is 7.11 Å². The van der Waals surface area contributed by atoms with Gasteiger partial charge in [-0.1, -0.05) is 6.92 Å². The van der Waals surface area contributed by atoms with E-state index in [1.165, 1.54) is 25.9 Å². The zero-order valence-corrected chi connectivity index (χ0v) is 8.88. The monoisotopic (exact) mass is 186 g/mol. The molecule has 0 aromatic carbocycles. The van der Waals surface area contributed by atoms with Gasteiger partial charge in [-0.15, -0.1) is 0 Å². The largest absolute Gasteiger partial charge is 0.383 e. The Morgan fingerprint density at radius 2 is 2.08 bits per heavy atom. The van der Waals surface area contributed by atoms with Gasteiger partial charge in [0.1, 0.15) is 0 Å². The lowest BCUT2D eigenvalue weighted by Gasteiger charge is -2.31. The predicted octanol–water partition coefficient (Wildman–Crippen LogP) is 0.707. The van der Waals surface area contributed by atoms with Crippen LogP contribution >= 0.6 is 0 Å². The number of methoxy groups -OCH3 is 1. The third-order valence-electron chi connectivity index (χ3n) is 2.69. The Hall–Kier alpha value is -0.120. The summed E-state index contributed by atoms with van der Waals surface area (Å²) < 4.78 is 5.06. The molecule has 0 atom stereocenters. The molecule has 3 heteroatoms. The van der Waals surface area contributed by atoms with Gasteiger partial charge in [0, 0.05) is 19.7 Å². The van der Waals surface area contributed by atoms with Crippen LogP contribution < -0.4 is 5.32 Å². The third kappa shape index (κ3) is 4.07. The van der Waals surface area contributed by atoms with Crippen molar-refractivity contribution in [2.75, 3.05) is 39.9 Å². The zero-order valence-electron chi connectivity index (χ0n) is 8.88. The van der Waals surface area contributed by atoms with E-state index in [2.05, 4.69) is 17.1 Å². The van der Waals surface area contributed by atoms with Crippen molar-refractivity contribution >= 4 is 0 Å². The predicted molar refractivity (Wildman–Crippen MR) is 55.0 cm³/mol. The van der Waals surface area contributed by atoms with Crippen LogP contribution in [0.25, 0.3) is 0 Å². The summed E-state index contributed by atoms with van der Waals surface area (Å²) in [7, 11) is 1.77. The van der Waals surface area contributed by atoms with Gasteiger partial charge in [0.2, 0.25) is 0 Å². The molecule has 0 aromatic heterocycles. The minimum absolute atomic E-state index is 0.754. The van der Waals surface area contributed by atoms with E-state index < -0.39 is 0 Å². The van der Waals surface area contributed by atoms with Crippen LogP contribution in [0.5, 0.6) is 0 Å². The summed E-state index contributed by atoms with van der Waals surface area (Å²) in [5.74, 6) is 0. The highest BCUT2D eigenvalue weighted by Gasteiger charge is 2.17. The molecule has 0 aliphatic carbocycles. The van der Waals surface area contributed by atoms with Crippen LogP contribution in [-0.2, 0) is 4.74 Å². The summed E-state index contributed by atoms with van der Waals surface area (Å²) in [4.78, 5) is 2.48. The fourth-order valence-electron chi connectivity index (χ4n) is 1.87. The van der Waals surface area contributed by atoms with Crippen molar-refractivity contribution in [3.63, 3.8) is 0 Å². The number of nitrogens with one attached hydrogen (secondary N) is 1. The van der Waals surface area contributed by atoms with Crippen LogP contribution in [0.2, 0.25) is 0 Å². The maximum absolute atomic E-state index is 5.06. The first-order valence-electron chi connectivity index (χ1n) is 5.31. The summed E-state index contributed by atoms with van der Waals surface area (Å²) in [5, 5.41) is 3.50. The van der Waals surface area contributed by atoms with E-state index in [4.69, 9.17) is 4.74 Å². The van der Waals surface area contributed by atoms with E-state index in [-0.39, 0.29) is 0 Å². The minimum atomic E-state index is 0.754. The van der Waals surface area contributed by atoms with Crippen molar-refractivity contribution < 1.29 is 4.74 Å². The zero-order chi connectivity index (χ0) is 9.52. The van der Waals surface area contributed by atoms with Gasteiger partial charge in [-0.05, 0) is 32.5 Å². The maximum Gasteiger partial charge on any atom is 0.0589 e. The lowest BCUT2D eigenvalue weighted by atomic mass is 10.1. The van der Waals surface area contributed by atoms with Crippen molar-refractivity contribution in [1.29, 1.82) is 0 Å². The Kier molecular flexibility index (Phi) is 5.35. The van der Waals surface area contributed by atoms with Crippen molar-refractivity contribution in [2.45, 2.75) is 25.8 Å². The molecule has 1 aliphatic rings. The Bertz CT molecular complexity index is 122. The molecule has 0 saturated carbocycles. The molecule has 1 heterocycles. The molecule has 0 amide bonds. The highest BCUT2D eigenvalue weighted by Crippen LogP contribution is 2.09. The Labute approximate surface area is 81.4 Å². The topological polar surface area (TPSA) is 24.5 Å². The second-order valence-corrected chi connectivity index (χ2v) is 3.67. The molecule has 0 unspecified atom stereocenters. The molecular formula is C10H22N2O. The molecular weight excluding hydrogens is 164 g/mol. The van der Waals surface area contributed by atoms with E-state index >= 15 is 0 Å². The summed E-state index contributed by atoms with van der Waals surface area (Å²) in [6.45, 7) is 7.68. The number of hydrogen-bond donors (Lipinski definition) is 1.